The minimum atomic E-state index is -3.38. The van der Waals surface area contributed by atoms with E-state index in [-0.39, 0.29) is 10.5 Å². The molecule has 0 aliphatic rings. The lowest BCUT2D eigenvalue weighted by Gasteiger charge is -2.24. The van der Waals surface area contributed by atoms with Crippen molar-refractivity contribution in [2.24, 2.45) is 5.92 Å². The third kappa shape index (κ3) is 3.33. The van der Waals surface area contributed by atoms with E-state index in [1.165, 1.54) is 13.8 Å². The van der Waals surface area contributed by atoms with Gasteiger partial charge in [0.05, 0.1) is 6.61 Å². The Kier molecular flexibility index (Phi) is 5.85. The van der Waals surface area contributed by atoms with Gasteiger partial charge in [-0.2, -0.15) is 8.78 Å². The Morgan fingerprint density at radius 3 is 2.36 bits per heavy atom. The standard InChI is InChI=1S/C9H15F2IO2/c1-4-7(12)6(3)9(10,11)8(13)14-5-2/h6-7H,4-5H2,1-3H3. The molecule has 0 bridgehead atoms. The highest BCUT2D eigenvalue weighted by Crippen LogP contribution is 2.33. The van der Waals surface area contributed by atoms with E-state index in [1.54, 1.807) is 0 Å². The van der Waals surface area contributed by atoms with Crippen LogP contribution in [0.25, 0.3) is 0 Å². The molecule has 0 heterocycles. The molecule has 0 aliphatic carbocycles. The van der Waals surface area contributed by atoms with Gasteiger partial charge in [-0.1, -0.05) is 36.4 Å². The van der Waals surface area contributed by atoms with Crippen molar-refractivity contribution in [1.82, 2.24) is 0 Å². The van der Waals surface area contributed by atoms with Crippen LogP contribution in [-0.2, 0) is 9.53 Å². The van der Waals surface area contributed by atoms with Crippen molar-refractivity contribution in [3.8, 4) is 0 Å². The molecule has 0 aromatic carbocycles. The quantitative estimate of drug-likeness (QED) is 0.442. The summed E-state index contributed by atoms with van der Waals surface area (Å²) in [5.41, 5.74) is 0. The number of hydrogen-bond donors (Lipinski definition) is 0. The lowest BCUT2D eigenvalue weighted by molar-refractivity contribution is -0.178. The predicted molar refractivity (Wildman–Crippen MR) is 58.8 cm³/mol. The van der Waals surface area contributed by atoms with Crippen LogP contribution in [0.1, 0.15) is 27.2 Å². The van der Waals surface area contributed by atoms with Crippen molar-refractivity contribution in [1.29, 1.82) is 0 Å². The van der Waals surface area contributed by atoms with Crippen LogP contribution >= 0.6 is 22.6 Å². The van der Waals surface area contributed by atoms with E-state index < -0.39 is 17.8 Å². The molecular formula is C9H15F2IO2. The van der Waals surface area contributed by atoms with Crippen LogP contribution in [0.15, 0.2) is 0 Å². The Hall–Kier alpha value is 0.0600. The molecule has 0 spiro atoms. The monoisotopic (exact) mass is 320 g/mol. The molecule has 0 rings (SSSR count). The highest BCUT2D eigenvalue weighted by atomic mass is 127. The molecule has 0 fully saturated rings. The van der Waals surface area contributed by atoms with E-state index in [1.807, 2.05) is 29.5 Å². The SMILES string of the molecule is CCOC(=O)C(F)(F)C(C)C(I)CC. The van der Waals surface area contributed by atoms with Gasteiger partial charge in [-0.3, -0.25) is 0 Å². The fourth-order valence-electron chi connectivity index (χ4n) is 0.994. The van der Waals surface area contributed by atoms with E-state index >= 15 is 0 Å². The summed E-state index contributed by atoms with van der Waals surface area (Å²) >= 11 is 1.93. The van der Waals surface area contributed by atoms with Gasteiger partial charge in [0.2, 0.25) is 0 Å². The largest absolute Gasteiger partial charge is 0.462 e. The molecule has 2 unspecified atom stereocenters. The Labute approximate surface area is 96.5 Å². The number of halogens is 3. The Balaban J connectivity index is 4.50. The van der Waals surface area contributed by atoms with Gasteiger partial charge >= 0.3 is 11.9 Å². The summed E-state index contributed by atoms with van der Waals surface area (Å²) in [6.07, 6.45) is 0.608. The highest BCUT2D eigenvalue weighted by molar-refractivity contribution is 14.1. The molecule has 0 saturated carbocycles. The summed E-state index contributed by atoms with van der Waals surface area (Å²) < 4.78 is 30.8. The first-order chi connectivity index (χ1) is 6.37. The topological polar surface area (TPSA) is 26.3 Å². The summed E-state index contributed by atoms with van der Waals surface area (Å²) in [4.78, 5) is 11.0. The molecule has 5 heteroatoms. The average Bonchev–Trinajstić information content (AvgIpc) is 2.15. The third-order valence-electron chi connectivity index (χ3n) is 2.05. The van der Waals surface area contributed by atoms with Gasteiger partial charge in [-0.05, 0) is 13.3 Å². The summed E-state index contributed by atoms with van der Waals surface area (Å²) in [5.74, 6) is -5.78. The van der Waals surface area contributed by atoms with Crippen LogP contribution in [0.4, 0.5) is 8.78 Å². The summed E-state index contributed by atoms with van der Waals surface area (Å²) in [6.45, 7) is 4.69. The fraction of sp³-hybridized carbons (Fsp3) is 0.889. The van der Waals surface area contributed by atoms with Crippen molar-refractivity contribution >= 4 is 28.6 Å². The van der Waals surface area contributed by atoms with Gasteiger partial charge in [0, 0.05) is 9.84 Å². The molecule has 0 aliphatic heterocycles. The van der Waals surface area contributed by atoms with Crippen LogP contribution in [0.2, 0.25) is 0 Å². The predicted octanol–water partition coefficient (Wildman–Crippen LogP) is 3.03. The smallest absolute Gasteiger partial charge is 0.377 e. The molecule has 0 saturated heterocycles. The summed E-state index contributed by atoms with van der Waals surface area (Å²) in [6, 6.07) is 0. The van der Waals surface area contributed by atoms with Gasteiger partial charge in [0.1, 0.15) is 0 Å². The van der Waals surface area contributed by atoms with Crippen LogP contribution in [0, 0.1) is 5.92 Å². The first-order valence-corrected chi connectivity index (χ1v) is 5.81. The minimum absolute atomic E-state index is 0.0147. The maximum Gasteiger partial charge on any atom is 0.377 e. The molecule has 84 valence electrons. The lowest BCUT2D eigenvalue weighted by Crippen LogP contribution is -2.41. The molecule has 2 atom stereocenters. The maximum absolute atomic E-state index is 13.4. The Morgan fingerprint density at radius 1 is 1.50 bits per heavy atom. The second-order valence-electron chi connectivity index (χ2n) is 3.06. The number of hydrogen-bond acceptors (Lipinski definition) is 2. The van der Waals surface area contributed by atoms with Crippen LogP contribution in [-0.4, -0.2) is 22.4 Å². The zero-order valence-electron chi connectivity index (χ0n) is 8.52. The van der Waals surface area contributed by atoms with Crippen molar-refractivity contribution in [2.45, 2.75) is 37.0 Å². The second kappa shape index (κ2) is 5.82. The van der Waals surface area contributed by atoms with Gasteiger partial charge in [-0.25, -0.2) is 4.79 Å². The third-order valence-corrected chi connectivity index (χ3v) is 4.01. The molecule has 0 aromatic rings. The first-order valence-electron chi connectivity index (χ1n) is 4.56. The van der Waals surface area contributed by atoms with Gasteiger partial charge in [0.25, 0.3) is 0 Å². The number of carbonyl (C=O) groups is 1. The number of carbonyl (C=O) groups excluding carboxylic acids is 1. The number of rotatable bonds is 5. The van der Waals surface area contributed by atoms with Crippen molar-refractivity contribution < 1.29 is 18.3 Å². The zero-order valence-corrected chi connectivity index (χ0v) is 10.7. The van der Waals surface area contributed by atoms with E-state index in [0.717, 1.165) is 0 Å². The van der Waals surface area contributed by atoms with Crippen LogP contribution in [0.5, 0.6) is 0 Å². The van der Waals surface area contributed by atoms with Gasteiger partial charge in [-0.15, -0.1) is 0 Å². The molecule has 14 heavy (non-hydrogen) atoms. The maximum atomic E-state index is 13.4. The molecular weight excluding hydrogens is 305 g/mol. The minimum Gasteiger partial charge on any atom is -0.462 e. The number of ether oxygens (including phenoxy) is 1. The fourth-order valence-corrected chi connectivity index (χ4v) is 1.45. The van der Waals surface area contributed by atoms with Crippen LogP contribution < -0.4 is 0 Å². The van der Waals surface area contributed by atoms with Gasteiger partial charge in [0.15, 0.2) is 0 Å². The van der Waals surface area contributed by atoms with Crippen molar-refractivity contribution in [3.63, 3.8) is 0 Å². The van der Waals surface area contributed by atoms with Crippen LogP contribution in [0.3, 0.4) is 0 Å². The molecule has 0 radical (unpaired) electrons. The lowest BCUT2D eigenvalue weighted by atomic mass is 9.98. The van der Waals surface area contributed by atoms with E-state index in [0.29, 0.717) is 6.42 Å². The number of esters is 1. The molecule has 0 aromatic heterocycles. The first kappa shape index (κ1) is 14.1. The van der Waals surface area contributed by atoms with Crippen molar-refractivity contribution in [2.75, 3.05) is 6.61 Å². The average molecular weight is 320 g/mol. The van der Waals surface area contributed by atoms with E-state index in [2.05, 4.69) is 4.74 Å². The van der Waals surface area contributed by atoms with Gasteiger partial charge < -0.3 is 4.74 Å². The number of alkyl halides is 3. The highest BCUT2D eigenvalue weighted by Gasteiger charge is 2.48. The van der Waals surface area contributed by atoms with E-state index in [9.17, 15) is 13.6 Å². The normalized spacial score (nSPS) is 16.1. The summed E-state index contributed by atoms with van der Waals surface area (Å²) in [5, 5.41) is 0. The zero-order chi connectivity index (χ0) is 11.4. The molecule has 2 nitrogen and oxygen atoms in total. The molecule has 0 N–H and O–H groups in total. The van der Waals surface area contributed by atoms with Crippen molar-refractivity contribution in [3.05, 3.63) is 0 Å². The summed E-state index contributed by atoms with van der Waals surface area (Å²) in [7, 11) is 0. The Morgan fingerprint density at radius 2 is 2.00 bits per heavy atom. The van der Waals surface area contributed by atoms with E-state index in [4.69, 9.17) is 0 Å². The second-order valence-corrected chi connectivity index (χ2v) is 4.66. The Bertz CT molecular complexity index is 197. The molecule has 0 amide bonds.